The van der Waals surface area contributed by atoms with Crippen LogP contribution < -0.4 is 5.32 Å². The van der Waals surface area contributed by atoms with Crippen molar-refractivity contribution in [3.63, 3.8) is 0 Å². The second-order valence-electron chi connectivity index (χ2n) is 12.0. The highest BCUT2D eigenvalue weighted by atomic mass is 16.6. The van der Waals surface area contributed by atoms with E-state index in [0.717, 1.165) is 33.7 Å². The van der Waals surface area contributed by atoms with Crippen molar-refractivity contribution in [1.82, 2.24) is 5.32 Å². The number of aliphatic imine (C=N–C) groups is 1. The topological polar surface area (TPSA) is 67.8 Å². The summed E-state index contributed by atoms with van der Waals surface area (Å²) in [5.74, 6) is 0.417. The zero-order valence-electron chi connectivity index (χ0n) is 25.3. The molecular weight excluding hydrogens is 460 g/mol. The van der Waals surface area contributed by atoms with E-state index in [1.807, 2.05) is 60.6 Å². The third kappa shape index (κ3) is 11.2. The smallest absolute Gasteiger partial charge is 0.323 e. The summed E-state index contributed by atoms with van der Waals surface area (Å²) in [6, 6.07) is 5.84. The van der Waals surface area contributed by atoms with E-state index in [1.54, 1.807) is 0 Å². The number of ether oxygens (including phenoxy) is 1. The van der Waals surface area contributed by atoms with Gasteiger partial charge in [0.2, 0.25) is 0 Å². The Kier molecular flexibility index (Phi) is 12.7. The maximum atomic E-state index is 12.8. The van der Waals surface area contributed by atoms with E-state index in [4.69, 9.17) is 9.73 Å². The SMILES string of the molecule is C/C=C(\C=C(\C)C(=O)C(C)C)C(=Nc1cc(CNC(CC(C)C)C(=O)OC(C)(C)C)ccc1C)C(C)C. The molecule has 0 aromatic heterocycles. The van der Waals surface area contributed by atoms with Crippen LogP contribution in [0.4, 0.5) is 5.69 Å². The van der Waals surface area contributed by atoms with Gasteiger partial charge in [-0.3, -0.25) is 14.6 Å². The Morgan fingerprint density at radius 3 is 2.16 bits per heavy atom. The molecule has 0 fully saturated rings. The molecule has 0 heterocycles. The monoisotopic (exact) mass is 510 g/mol. The van der Waals surface area contributed by atoms with E-state index in [2.05, 4.69) is 58.1 Å². The van der Waals surface area contributed by atoms with Gasteiger partial charge in [0.05, 0.1) is 11.4 Å². The molecular formula is C32H50N2O3. The van der Waals surface area contributed by atoms with Gasteiger partial charge in [0, 0.05) is 12.5 Å². The Balaban J connectivity index is 3.29. The molecule has 0 amide bonds. The number of carbonyl (C=O) groups is 2. The molecule has 206 valence electrons. The minimum atomic E-state index is -0.524. The molecule has 0 aliphatic rings. The van der Waals surface area contributed by atoms with Gasteiger partial charge in [-0.15, -0.1) is 0 Å². The van der Waals surface area contributed by atoms with E-state index < -0.39 is 5.60 Å². The van der Waals surface area contributed by atoms with Crippen molar-refractivity contribution in [3.05, 3.63) is 52.6 Å². The van der Waals surface area contributed by atoms with Gasteiger partial charge in [-0.2, -0.15) is 0 Å². The molecule has 1 atom stereocenters. The van der Waals surface area contributed by atoms with Crippen molar-refractivity contribution in [2.24, 2.45) is 22.7 Å². The van der Waals surface area contributed by atoms with Gasteiger partial charge < -0.3 is 10.1 Å². The molecule has 0 spiro atoms. The molecule has 0 bridgehead atoms. The molecule has 1 aromatic rings. The molecule has 5 nitrogen and oxygen atoms in total. The Morgan fingerprint density at radius 1 is 1.05 bits per heavy atom. The van der Waals surface area contributed by atoms with Crippen molar-refractivity contribution in [1.29, 1.82) is 0 Å². The quantitative estimate of drug-likeness (QED) is 0.135. The summed E-state index contributed by atoms with van der Waals surface area (Å²) in [5.41, 5.74) is 5.13. The molecule has 1 rings (SSSR count). The number of carbonyl (C=O) groups excluding carboxylic acids is 2. The molecule has 0 radical (unpaired) electrons. The van der Waals surface area contributed by atoms with Crippen LogP contribution in [0, 0.1) is 24.7 Å². The fraction of sp³-hybridized carbons (Fsp3) is 0.594. The number of benzene rings is 1. The summed E-state index contributed by atoms with van der Waals surface area (Å²) in [6.45, 7) is 24.4. The summed E-state index contributed by atoms with van der Waals surface area (Å²) in [7, 11) is 0. The lowest BCUT2D eigenvalue weighted by atomic mass is 9.94. The second-order valence-corrected chi connectivity index (χ2v) is 12.0. The molecule has 0 aliphatic heterocycles. The van der Waals surface area contributed by atoms with Crippen molar-refractivity contribution < 1.29 is 14.3 Å². The maximum Gasteiger partial charge on any atom is 0.323 e. The predicted octanol–water partition coefficient (Wildman–Crippen LogP) is 7.69. The van der Waals surface area contributed by atoms with Gasteiger partial charge in [-0.05, 0) is 94.2 Å². The second kappa shape index (κ2) is 14.4. The average molecular weight is 511 g/mol. The van der Waals surface area contributed by atoms with Crippen LogP contribution in [0.25, 0.3) is 0 Å². The van der Waals surface area contributed by atoms with Gasteiger partial charge in [-0.25, -0.2) is 0 Å². The first kappa shape index (κ1) is 32.5. The fourth-order valence-corrected chi connectivity index (χ4v) is 3.96. The zero-order valence-corrected chi connectivity index (χ0v) is 25.3. The summed E-state index contributed by atoms with van der Waals surface area (Å²) in [4.78, 5) is 30.4. The van der Waals surface area contributed by atoms with E-state index in [1.165, 1.54) is 0 Å². The number of rotatable bonds is 12. The number of hydrogen-bond donors (Lipinski definition) is 1. The fourth-order valence-electron chi connectivity index (χ4n) is 3.96. The van der Waals surface area contributed by atoms with Crippen LogP contribution in [0.3, 0.4) is 0 Å². The van der Waals surface area contributed by atoms with E-state index in [9.17, 15) is 9.59 Å². The average Bonchev–Trinajstić information content (AvgIpc) is 2.77. The molecule has 1 N–H and O–H groups in total. The van der Waals surface area contributed by atoms with E-state index >= 15 is 0 Å². The van der Waals surface area contributed by atoms with Gasteiger partial charge >= 0.3 is 5.97 Å². The lowest BCUT2D eigenvalue weighted by molar-refractivity contribution is -0.158. The van der Waals surface area contributed by atoms with Crippen molar-refractivity contribution in [3.8, 4) is 0 Å². The highest BCUT2D eigenvalue weighted by Gasteiger charge is 2.25. The number of hydrogen-bond acceptors (Lipinski definition) is 5. The Bertz CT molecular complexity index is 1020. The van der Waals surface area contributed by atoms with Gasteiger partial charge in [-0.1, -0.05) is 59.8 Å². The van der Waals surface area contributed by atoms with Gasteiger partial charge in [0.25, 0.3) is 0 Å². The third-order valence-corrected chi connectivity index (χ3v) is 5.90. The van der Waals surface area contributed by atoms with Gasteiger partial charge in [0.15, 0.2) is 5.78 Å². The van der Waals surface area contributed by atoms with Crippen LogP contribution >= 0.6 is 0 Å². The molecule has 5 heteroatoms. The summed E-state index contributed by atoms with van der Waals surface area (Å²) < 4.78 is 5.65. The van der Waals surface area contributed by atoms with Crippen LogP contribution in [-0.4, -0.2) is 29.1 Å². The van der Waals surface area contributed by atoms with Crippen LogP contribution in [0.5, 0.6) is 0 Å². The third-order valence-electron chi connectivity index (χ3n) is 5.90. The highest BCUT2D eigenvalue weighted by Crippen LogP contribution is 2.25. The first-order valence-corrected chi connectivity index (χ1v) is 13.6. The maximum absolute atomic E-state index is 12.8. The Hall–Kier alpha value is -2.53. The molecule has 1 unspecified atom stereocenters. The van der Waals surface area contributed by atoms with Crippen LogP contribution in [0.1, 0.15) is 93.7 Å². The predicted molar refractivity (Wildman–Crippen MR) is 156 cm³/mol. The summed E-state index contributed by atoms with van der Waals surface area (Å²) in [6.07, 6.45) is 4.68. The summed E-state index contributed by atoms with van der Waals surface area (Å²) >= 11 is 0. The zero-order chi connectivity index (χ0) is 28.5. The number of allylic oxidation sites excluding steroid dienone is 4. The van der Waals surface area contributed by atoms with Crippen molar-refractivity contribution in [2.75, 3.05) is 0 Å². The largest absolute Gasteiger partial charge is 0.459 e. The Morgan fingerprint density at radius 2 is 1.68 bits per heavy atom. The highest BCUT2D eigenvalue weighted by molar-refractivity contribution is 6.07. The van der Waals surface area contributed by atoms with Crippen LogP contribution in [0.2, 0.25) is 0 Å². The van der Waals surface area contributed by atoms with Gasteiger partial charge in [0.1, 0.15) is 11.6 Å². The minimum absolute atomic E-state index is 0.0413. The molecule has 0 saturated heterocycles. The lowest BCUT2D eigenvalue weighted by Gasteiger charge is -2.25. The normalized spacial score (nSPS) is 14.5. The van der Waals surface area contributed by atoms with E-state index in [0.29, 0.717) is 18.9 Å². The van der Waals surface area contributed by atoms with Crippen molar-refractivity contribution >= 4 is 23.2 Å². The van der Waals surface area contributed by atoms with Crippen LogP contribution in [0.15, 0.2) is 46.5 Å². The summed E-state index contributed by atoms with van der Waals surface area (Å²) in [5, 5.41) is 3.41. The number of esters is 1. The lowest BCUT2D eigenvalue weighted by Crippen LogP contribution is -2.41. The Labute approximate surface area is 225 Å². The van der Waals surface area contributed by atoms with Crippen molar-refractivity contribution in [2.45, 2.75) is 108 Å². The number of nitrogens with zero attached hydrogens (tertiary/aromatic N) is 1. The first-order valence-electron chi connectivity index (χ1n) is 13.6. The molecule has 1 aromatic carbocycles. The number of nitrogens with one attached hydrogen (secondary N) is 1. The molecule has 0 saturated carbocycles. The van der Waals surface area contributed by atoms with Crippen LogP contribution in [-0.2, 0) is 20.9 Å². The number of Topliss-reactive ketones (excluding diaryl/α,β-unsaturated/α-hetero) is 1. The minimum Gasteiger partial charge on any atom is -0.459 e. The standard InChI is InChI=1S/C32H50N2O3/c1-13-26(17-24(9)30(35)22(6)7)29(21(4)5)34-27-18-25(15-14-23(27)8)19-33-28(16-20(2)3)31(36)37-32(10,11)12/h13-15,17-18,20-22,28,33H,16,19H2,1-12H3/b24-17-,26-13+,34-29?. The number of aryl methyl sites for hydroxylation is 1. The first-order chi connectivity index (χ1) is 17.0. The van der Waals surface area contributed by atoms with E-state index in [-0.39, 0.29) is 29.6 Å². The molecule has 0 aliphatic carbocycles. The molecule has 37 heavy (non-hydrogen) atoms. The number of ketones is 1.